The van der Waals surface area contributed by atoms with Crippen LogP contribution in [0.2, 0.25) is 0 Å². The number of halogens is 1. The molecule has 1 unspecified atom stereocenters. The summed E-state index contributed by atoms with van der Waals surface area (Å²) in [6, 6.07) is 0. The van der Waals surface area contributed by atoms with Crippen molar-refractivity contribution >= 4 is 11.6 Å². The summed E-state index contributed by atoms with van der Waals surface area (Å²) in [5, 5.41) is 0. The molecule has 4 heteroatoms. The summed E-state index contributed by atoms with van der Waals surface area (Å²) >= 11 is 5.99. The van der Waals surface area contributed by atoms with Crippen molar-refractivity contribution in [2.24, 2.45) is 0 Å². The van der Waals surface area contributed by atoms with Crippen molar-refractivity contribution < 1.29 is 14.2 Å². The molecule has 2 aliphatic rings. The zero-order valence-electron chi connectivity index (χ0n) is 8.12. The van der Waals surface area contributed by atoms with E-state index in [4.69, 9.17) is 25.8 Å². The van der Waals surface area contributed by atoms with Gasteiger partial charge in [0.15, 0.2) is 11.4 Å². The van der Waals surface area contributed by atoms with Crippen molar-refractivity contribution in [2.45, 2.75) is 56.9 Å². The first kappa shape index (κ1) is 9.71. The van der Waals surface area contributed by atoms with E-state index < -0.39 is 5.79 Å². The summed E-state index contributed by atoms with van der Waals surface area (Å²) < 4.78 is 16.8. The summed E-state index contributed by atoms with van der Waals surface area (Å²) in [6.45, 7) is 5.87. The number of hydrogen-bond donors (Lipinski definition) is 0. The van der Waals surface area contributed by atoms with Gasteiger partial charge in [-0.15, -0.1) is 0 Å². The fourth-order valence-electron chi connectivity index (χ4n) is 1.96. The Morgan fingerprint density at radius 1 is 1.23 bits per heavy atom. The lowest BCUT2D eigenvalue weighted by atomic mass is 10.1. The van der Waals surface area contributed by atoms with Crippen LogP contribution in [0.3, 0.4) is 0 Å². The van der Waals surface area contributed by atoms with Crippen molar-refractivity contribution in [3.05, 3.63) is 0 Å². The van der Waals surface area contributed by atoms with Gasteiger partial charge < -0.3 is 14.2 Å². The van der Waals surface area contributed by atoms with Crippen LogP contribution in [0.1, 0.15) is 27.2 Å². The van der Waals surface area contributed by atoms with Crippen LogP contribution in [0.15, 0.2) is 0 Å². The molecule has 0 aromatic carbocycles. The maximum Gasteiger partial charge on any atom is 0.164 e. The number of hydrogen-bond acceptors (Lipinski definition) is 3. The van der Waals surface area contributed by atoms with Gasteiger partial charge in [-0.25, -0.2) is 0 Å². The van der Waals surface area contributed by atoms with Gasteiger partial charge in [0.25, 0.3) is 0 Å². The molecule has 2 fully saturated rings. The number of fused-ring (bicyclic) bond motifs is 1. The Morgan fingerprint density at radius 3 is 2.46 bits per heavy atom. The topological polar surface area (TPSA) is 27.7 Å². The molecule has 2 saturated heterocycles. The molecule has 0 aromatic rings. The molecule has 2 aliphatic heterocycles. The Bertz CT molecular complexity index is 207. The predicted octanol–water partition coefficient (Wildman–Crippen LogP) is 1.88. The number of alkyl halides is 1. The third-order valence-corrected chi connectivity index (χ3v) is 2.85. The Labute approximate surface area is 83.3 Å². The lowest BCUT2D eigenvalue weighted by molar-refractivity contribution is -0.179. The summed E-state index contributed by atoms with van der Waals surface area (Å²) in [6.07, 6.45) is 0.877. The van der Waals surface area contributed by atoms with E-state index in [9.17, 15) is 0 Å². The Hall–Kier alpha value is 0.170. The quantitative estimate of drug-likeness (QED) is 0.614. The highest BCUT2D eigenvalue weighted by atomic mass is 35.5. The molecule has 76 valence electrons. The molecule has 0 bridgehead atoms. The molecule has 0 N–H and O–H groups in total. The molecule has 0 radical (unpaired) electrons. The van der Waals surface area contributed by atoms with E-state index >= 15 is 0 Å². The van der Waals surface area contributed by atoms with E-state index in [1.54, 1.807) is 0 Å². The van der Waals surface area contributed by atoms with Crippen molar-refractivity contribution in [3.63, 3.8) is 0 Å². The van der Waals surface area contributed by atoms with Gasteiger partial charge in [-0.2, -0.15) is 0 Å². The number of ether oxygens (including phenoxy) is 3. The first-order chi connectivity index (χ1) is 6.03. The van der Waals surface area contributed by atoms with Gasteiger partial charge in [0.2, 0.25) is 0 Å². The zero-order chi connectivity index (χ0) is 9.64. The van der Waals surface area contributed by atoms with Crippen LogP contribution in [0.4, 0.5) is 0 Å². The van der Waals surface area contributed by atoms with Crippen LogP contribution in [0, 0.1) is 0 Å². The minimum atomic E-state index is -0.514. The van der Waals surface area contributed by atoms with Gasteiger partial charge in [0.05, 0.1) is 6.10 Å². The molecular weight excluding hydrogens is 192 g/mol. The zero-order valence-corrected chi connectivity index (χ0v) is 8.88. The highest BCUT2D eigenvalue weighted by Crippen LogP contribution is 2.40. The standard InChI is InChI=1S/C9H15ClO3/c1-4-5-6-7(8(10)11-5)13-9(2,3)12-6/h5-8H,4H2,1-3H3/t5-,6-,7-,8?/m1/s1. The smallest absolute Gasteiger partial charge is 0.164 e. The van der Waals surface area contributed by atoms with E-state index in [0.717, 1.165) is 6.42 Å². The van der Waals surface area contributed by atoms with Gasteiger partial charge in [-0.3, -0.25) is 0 Å². The largest absolute Gasteiger partial charge is 0.354 e. The summed E-state index contributed by atoms with van der Waals surface area (Å²) in [7, 11) is 0. The van der Waals surface area contributed by atoms with Crippen LogP contribution >= 0.6 is 11.6 Å². The molecule has 0 spiro atoms. The molecular formula is C9H15ClO3. The van der Waals surface area contributed by atoms with E-state index in [1.807, 2.05) is 13.8 Å². The Morgan fingerprint density at radius 2 is 1.85 bits per heavy atom. The molecule has 2 heterocycles. The summed E-state index contributed by atoms with van der Waals surface area (Å²) in [5.41, 5.74) is -0.364. The highest BCUT2D eigenvalue weighted by molar-refractivity contribution is 6.20. The maximum absolute atomic E-state index is 5.99. The van der Waals surface area contributed by atoms with Crippen LogP contribution < -0.4 is 0 Å². The maximum atomic E-state index is 5.99. The van der Waals surface area contributed by atoms with Gasteiger partial charge in [0.1, 0.15) is 12.2 Å². The molecule has 0 saturated carbocycles. The summed E-state index contributed by atoms with van der Waals surface area (Å²) in [5.74, 6) is -0.514. The Balaban J connectivity index is 2.12. The SMILES string of the molecule is CC[C@H]1OC(Cl)[C@@H]2OC(C)(C)O[C@H]12. The lowest BCUT2D eigenvalue weighted by Gasteiger charge is -2.21. The van der Waals surface area contributed by atoms with Crippen molar-refractivity contribution in [2.75, 3.05) is 0 Å². The summed E-state index contributed by atoms with van der Waals surface area (Å²) in [4.78, 5) is 0. The third kappa shape index (κ3) is 1.59. The van der Waals surface area contributed by atoms with Gasteiger partial charge in [0, 0.05) is 0 Å². The monoisotopic (exact) mass is 206 g/mol. The van der Waals surface area contributed by atoms with E-state index in [2.05, 4.69) is 6.92 Å². The average Bonchev–Trinajstić information content (AvgIpc) is 2.47. The van der Waals surface area contributed by atoms with E-state index in [-0.39, 0.29) is 23.9 Å². The average molecular weight is 207 g/mol. The van der Waals surface area contributed by atoms with Crippen LogP contribution in [0.25, 0.3) is 0 Å². The minimum absolute atomic E-state index is 0.00231. The fraction of sp³-hybridized carbons (Fsp3) is 1.00. The van der Waals surface area contributed by atoms with Crippen molar-refractivity contribution in [3.8, 4) is 0 Å². The first-order valence-electron chi connectivity index (χ1n) is 4.68. The predicted molar refractivity (Wildman–Crippen MR) is 48.6 cm³/mol. The molecule has 0 aromatic heterocycles. The second-order valence-electron chi connectivity index (χ2n) is 4.00. The second-order valence-corrected chi connectivity index (χ2v) is 4.43. The van der Waals surface area contributed by atoms with Crippen LogP contribution in [-0.4, -0.2) is 29.7 Å². The third-order valence-electron chi connectivity index (χ3n) is 2.50. The normalized spacial score (nSPS) is 48.0. The Kier molecular flexibility index (Phi) is 2.31. The fourth-order valence-corrected chi connectivity index (χ4v) is 2.28. The molecule has 4 atom stereocenters. The highest BCUT2D eigenvalue weighted by Gasteiger charge is 2.53. The van der Waals surface area contributed by atoms with Crippen molar-refractivity contribution in [1.82, 2.24) is 0 Å². The minimum Gasteiger partial charge on any atom is -0.354 e. The first-order valence-corrected chi connectivity index (χ1v) is 5.12. The molecule has 0 amide bonds. The van der Waals surface area contributed by atoms with Crippen LogP contribution in [0.5, 0.6) is 0 Å². The van der Waals surface area contributed by atoms with Crippen LogP contribution in [-0.2, 0) is 14.2 Å². The second kappa shape index (κ2) is 3.09. The van der Waals surface area contributed by atoms with Gasteiger partial charge in [-0.1, -0.05) is 18.5 Å². The molecule has 3 nitrogen and oxygen atoms in total. The van der Waals surface area contributed by atoms with E-state index in [0.29, 0.717) is 0 Å². The van der Waals surface area contributed by atoms with Gasteiger partial charge in [-0.05, 0) is 20.3 Å². The van der Waals surface area contributed by atoms with Gasteiger partial charge >= 0.3 is 0 Å². The van der Waals surface area contributed by atoms with Crippen molar-refractivity contribution in [1.29, 1.82) is 0 Å². The molecule has 13 heavy (non-hydrogen) atoms. The molecule has 2 rings (SSSR count). The molecule has 0 aliphatic carbocycles. The number of rotatable bonds is 1. The lowest BCUT2D eigenvalue weighted by Crippen LogP contribution is -2.28. The van der Waals surface area contributed by atoms with E-state index in [1.165, 1.54) is 0 Å².